The van der Waals surface area contributed by atoms with E-state index in [0.717, 1.165) is 57.0 Å². The molecule has 0 saturated carbocycles. The van der Waals surface area contributed by atoms with Crippen molar-refractivity contribution in [3.8, 4) is 0 Å². The highest BCUT2D eigenvalue weighted by Gasteiger charge is 2.28. The summed E-state index contributed by atoms with van der Waals surface area (Å²) in [5, 5.41) is 12.9. The summed E-state index contributed by atoms with van der Waals surface area (Å²) in [7, 11) is 0. The largest absolute Gasteiger partial charge is 0.396 e. The number of pyridine rings is 1. The number of hydrogen-bond donors (Lipinski definition) is 2. The number of aliphatic hydroxyl groups excluding tert-OH is 1. The minimum atomic E-state index is -0.136. The van der Waals surface area contributed by atoms with Gasteiger partial charge in [0.05, 0.1) is 10.9 Å². The van der Waals surface area contributed by atoms with Gasteiger partial charge < -0.3 is 20.2 Å². The number of carbonyl (C=O) groups excluding carboxylic acids is 1. The Morgan fingerprint density at radius 2 is 1.83 bits per heavy atom. The van der Waals surface area contributed by atoms with Gasteiger partial charge in [-0.15, -0.1) is 0 Å². The summed E-state index contributed by atoms with van der Waals surface area (Å²) >= 11 is 5.86. The highest BCUT2D eigenvalue weighted by Crippen LogP contribution is 2.27. The summed E-state index contributed by atoms with van der Waals surface area (Å²) in [6.07, 6.45) is 6.97. The fourth-order valence-corrected chi connectivity index (χ4v) is 4.29. The molecule has 2 aromatic rings. The van der Waals surface area contributed by atoms with E-state index in [9.17, 15) is 9.90 Å². The van der Waals surface area contributed by atoms with Crippen molar-refractivity contribution in [2.75, 3.05) is 47.9 Å². The van der Waals surface area contributed by atoms with Gasteiger partial charge in [0.2, 0.25) is 5.91 Å². The van der Waals surface area contributed by atoms with E-state index in [2.05, 4.69) is 30.1 Å². The molecule has 4 rings (SSSR count). The lowest BCUT2D eigenvalue weighted by Gasteiger charge is -2.35. The zero-order valence-corrected chi connectivity index (χ0v) is 17.6. The molecule has 30 heavy (non-hydrogen) atoms. The van der Waals surface area contributed by atoms with E-state index in [-0.39, 0.29) is 18.4 Å². The van der Waals surface area contributed by atoms with Gasteiger partial charge in [-0.1, -0.05) is 11.6 Å². The zero-order valence-electron chi connectivity index (χ0n) is 16.9. The lowest BCUT2D eigenvalue weighted by molar-refractivity contribution is -0.120. The molecule has 2 N–H and O–H groups in total. The maximum atomic E-state index is 12.7. The molecule has 9 heteroatoms. The van der Waals surface area contributed by atoms with Crippen LogP contribution in [0.5, 0.6) is 0 Å². The standard InChI is InChI=1S/C21H27ClN6O2/c22-17-5-6-18(23-10-17)26-21(30)16-4-2-8-28(12-16)20-9-19(24-14-25-20)27-7-1-3-15(11-27)13-29/h5-6,9-10,14-16,29H,1-4,7-8,11-13H2,(H,23,26,30). The molecule has 0 aliphatic carbocycles. The van der Waals surface area contributed by atoms with Crippen LogP contribution in [0.1, 0.15) is 25.7 Å². The molecule has 0 bridgehead atoms. The molecule has 0 aromatic carbocycles. The number of nitrogens with one attached hydrogen (secondary N) is 1. The van der Waals surface area contributed by atoms with Crippen molar-refractivity contribution in [2.45, 2.75) is 25.7 Å². The third-order valence-electron chi connectivity index (χ3n) is 5.83. The van der Waals surface area contributed by atoms with Gasteiger partial charge in [-0.2, -0.15) is 0 Å². The van der Waals surface area contributed by atoms with Gasteiger partial charge in [-0.3, -0.25) is 4.79 Å². The molecular weight excluding hydrogens is 404 g/mol. The van der Waals surface area contributed by atoms with Crippen LogP contribution in [0, 0.1) is 11.8 Å². The van der Waals surface area contributed by atoms with Gasteiger partial charge in [-0.25, -0.2) is 15.0 Å². The van der Waals surface area contributed by atoms with Crippen LogP contribution in [0.25, 0.3) is 0 Å². The summed E-state index contributed by atoms with van der Waals surface area (Å²) in [5.41, 5.74) is 0. The summed E-state index contributed by atoms with van der Waals surface area (Å²) in [6, 6.07) is 5.41. The minimum Gasteiger partial charge on any atom is -0.396 e. The van der Waals surface area contributed by atoms with Crippen molar-refractivity contribution < 1.29 is 9.90 Å². The highest BCUT2D eigenvalue weighted by atomic mass is 35.5. The lowest BCUT2D eigenvalue weighted by Crippen LogP contribution is -2.41. The first-order valence-corrected chi connectivity index (χ1v) is 10.9. The smallest absolute Gasteiger partial charge is 0.230 e. The summed E-state index contributed by atoms with van der Waals surface area (Å²) in [5.74, 6) is 2.36. The summed E-state index contributed by atoms with van der Waals surface area (Å²) in [6.45, 7) is 3.42. The van der Waals surface area contributed by atoms with Gasteiger partial charge in [-0.05, 0) is 43.7 Å². The van der Waals surface area contributed by atoms with Crippen LogP contribution >= 0.6 is 11.6 Å². The Kier molecular flexibility index (Phi) is 6.64. The Hall–Kier alpha value is -2.45. The van der Waals surface area contributed by atoms with E-state index in [4.69, 9.17) is 11.6 Å². The van der Waals surface area contributed by atoms with Crippen LogP contribution in [-0.4, -0.2) is 58.8 Å². The van der Waals surface area contributed by atoms with Gasteiger partial charge in [0.15, 0.2) is 0 Å². The molecule has 4 heterocycles. The molecule has 2 unspecified atom stereocenters. The maximum Gasteiger partial charge on any atom is 0.230 e. The second kappa shape index (κ2) is 9.57. The number of amides is 1. The van der Waals surface area contributed by atoms with Crippen LogP contribution in [0.3, 0.4) is 0 Å². The molecule has 2 aliphatic rings. The van der Waals surface area contributed by atoms with E-state index in [0.29, 0.717) is 23.3 Å². The van der Waals surface area contributed by atoms with Crippen molar-refractivity contribution in [1.82, 2.24) is 15.0 Å². The Balaban J connectivity index is 1.41. The highest BCUT2D eigenvalue weighted by molar-refractivity contribution is 6.30. The number of piperidine rings is 2. The Morgan fingerprint density at radius 1 is 1.10 bits per heavy atom. The van der Waals surface area contributed by atoms with E-state index >= 15 is 0 Å². The topological polar surface area (TPSA) is 94.5 Å². The average Bonchev–Trinajstić information content (AvgIpc) is 2.81. The molecule has 2 fully saturated rings. The van der Waals surface area contributed by atoms with Crippen molar-refractivity contribution in [1.29, 1.82) is 0 Å². The van der Waals surface area contributed by atoms with Gasteiger partial charge in [0, 0.05) is 45.0 Å². The number of anilines is 3. The van der Waals surface area contributed by atoms with Crippen LogP contribution in [0.2, 0.25) is 5.02 Å². The number of carbonyl (C=O) groups is 1. The average molecular weight is 431 g/mol. The molecular formula is C21H27ClN6O2. The fraction of sp³-hybridized carbons (Fsp3) is 0.524. The van der Waals surface area contributed by atoms with E-state index in [1.807, 2.05) is 6.07 Å². The maximum absolute atomic E-state index is 12.7. The van der Waals surface area contributed by atoms with Crippen LogP contribution in [-0.2, 0) is 4.79 Å². The third-order valence-corrected chi connectivity index (χ3v) is 6.06. The molecule has 2 atom stereocenters. The number of nitrogens with zero attached hydrogens (tertiary/aromatic N) is 5. The zero-order chi connectivity index (χ0) is 20.9. The molecule has 160 valence electrons. The van der Waals surface area contributed by atoms with E-state index in [1.54, 1.807) is 18.5 Å². The monoisotopic (exact) mass is 430 g/mol. The Labute approximate surface area is 181 Å². The van der Waals surface area contributed by atoms with Crippen LogP contribution < -0.4 is 15.1 Å². The van der Waals surface area contributed by atoms with Crippen molar-refractivity contribution in [2.24, 2.45) is 11.8 Å². The number of aliphatic hydroxyl groups is 1. The van der Waals surface area contributed by atoms with Gasteiger partial charge in [0.25, 0.3) is 0 Å². The SMILES string of the molecule is O=C(Nc1ccc(Cl)cn1)C1CCCN(c2cc(N3CCCC(CO)C3)ncn2)C1. The third kappa shape index (κ3) is 4.99. The molecule has 0 radical (unpaired) electrons. The second-order valence-electron chi connectivity index (χ2n) is 8.01. The summed E-state index contributed by atoms with van der Waals surface area (Å²) < 4.78 is 0. The second-order valence-corrected chi connectivity index (χ2v) is 8.44. The molecule has 2 saturated heterocycles. The van der Waals surface area contributed by atoms with Crippen molar-refractivity contribution >= 4 is 35.0 Å². The fourth-order valence-electron chi connectivity index (χ4n) is 4.18. The first-order valence-electron chi connectivity index (χ1n) is 10.5. The Bertz CT molecular complexity index is 865. The van der Waals surface area contributed by atoms with Gasteiger partial charge in [0.1, 0.15) is 23.8 Å². The number of aromatic nitrogens is 3. The first kappa shape index (κ1) is 20.8. The molecule has 8 nitrogen and oxygen atoms in total. The Morgan fingerprint density at radius 3 is 2.53 bits per heavy atom. The number of hydrogen-bond acceptors (Lipinski definition) is 7. The number of halogens is 1. The molecule has 0 spiro atoms. The van der Waals surface area contributed by atoms with E-state index in [1.165, 1.54) is 6.20 Å². The first-order chi connectivity index (χ1) is 14.6. The molecule has 2 aromatic heterocycles. The minimum absolute atomic E-state index is 0.0365. The molecule has 2 aliphatic heterocycles. The van der Waals surface area contributed by atoms with Gasteiger partial charge >= 0.3 is 0 Å². The predicted octanol–water partition coefficient (Wildman–Crippen LogP) is 2.59. The summed E-state index contributed by atoms with van der Waals surface area (Å²) in [4.78, 5) is 30.2. The van der Waals surface area contributed by atoms with Crippen LogP contribution in [0.15, 0.2) is 30.7 Å². The lowest BCUT2D eigenvalue weighted by atomic mass is 9.97. The van der Waals surface area contributed by atoms with Crippen molar-refractivity contribution in [3.05, 3.63) is 35.7 Å². The number of rotatable bonds is 5. The van der Waals surface area contributed by atoms with Crippen molar-refractivity contribution in [3.63, 3.8) is 0 Å². The quantitative estimate of drug-likeness (QED) is 0.752. The van der Waals surface area contributed by atoms with E-state index < -0.39 is 0 Å². The predicted molar refractivity (Wildman–Crippen MR) is 117 cm³/mol. The normalized spacial score (nSPS) is 22.1. The molecule has 1 amide bonds. The van der Waals surface area contributed by atoms with Crippen LogP contribution in [0.4, 0.5) is 17.5 Å².